The molecule has 0 fully saturated rings. The van der Waals surface area contributed by atoms with E-state index < -0.39 is 0 Å². The van der Waals surface area contributed by atoms with Crippen LogP contribution in [-0.2, 0) is 0 Å². The highest BCUT2D eigenvalue weighted by atomic mass is 127. The maximum atomic E-state index is 9.76. The minimum Gasteiger partial charge on any atom is -0.507 e. The number of phenolic OH excluding ortho intramolecular Hbond substituents is 1. The molecule has 0 aliphatic carbocycles. The lowest BCUT2D eigenvalue weighted by Gasteiger charge is -2.00. The van der Waals surface area contributed by atoms with Crippen molar-refractivity contribution in [3.8, 4) is 28.6 Å². The highest BCUT2D eigenvalue weighted by molar-refractivity contribution is 14.1. The number of rotatable bonds is 2. The Hall–Kier alpha value is -1.41. The summed E-state index contributed by atoms with van der Waals surface area (Å²) in [6.07, 6.45) is 0. The standard InChI is InChI=1S/C15H10BrIN2O2/c1-8-6-10(16)3-4-11(8)14-18-15(21-19-14)9-2-5-12(17)13(20)7-9/h2-7,20H,1H3. The van der Waals surface area contributed by atoms with Crippen LogP contribution in [0.5, 0.6) is 5.75 Å². The number of aromatic nitrogens is 2. The van der Waals surface area contributed by atoms with Crippen LogP contribution in [0.4, 0.5) is 0 Å². The second kappa shape index (κ2) is 5.76. The molecule has 1 N–H and O–H groups in total. The first kappa shape index (κ1) is 14.5. The summed E-state index contributed by atoms with van der Waals surface area (Å²) in [4.78, 5) is 4.41. The number of aromatic hydroxyl groups is 1. The molecule has 2 aromatic carbocycles. The minimum atomic E-state index is 0.202. The summed E-state index contributed by atoms with van der Waals surface area (Å²) in [7, 11) is 0. The van der Waals surface area contributed by atoms with Gasteiger partial charge in [-0.25, -0.2) is 0 Å². The molecule has 0 aliphatic heterocycles. The van der Waals surface area contributed by atoms with Crippen molar-refractivity contribution in [1.29, 1.82) is 0 Å². The zero-order valence-corrected chi connectivity index (χ0v) is 14.7. The number of nitrogens with zero attached hydrogens (tertiary/aromatic N) is 2. The molecule has 0 aliphatic rings. The average Bonchev–Trinajstić information content (AvgIpc) is 2.91. The SMILES string of the molecule is Cc1cc(Br)ccc1-c1noc(-c2ccc(I)c(O)c2)n1. The van der Waals surface area contributed by atoms with E-state index in [2.05, 4.69) is 48.7 Å². The van der Waals surface area contributed by atoms with Gasteiger partial charge in [-0.1, -0.05) is 21.1 Å². The number of benzene rings is 2. The Labute approximate surface area is 143 Å². The van der Waals surface area contributed by atoms with Crippen LogP contribution in [0.2, 0.25) is 0 Å². The lowest BCUT2D eigenvalue weighted by Crippen LogP contribution is -1.86. The van der Waals surface area contributed by atoms with Crippen molar-refractivity contribution in [2.45, 2.75) is 6.92 Å². The molecule has 3 aromatic rings. The molecule has 0 spiro atoms. The molecule has 3 rings (SSSR count). The lowest BCUT2D eigenvalue weighted by molar-refractivity contribution is 0.431. The Morgan fingerprint density at radius 2 is 2.00 bits per heavy atom. The number of phenols is 1. The van der Waals surface area contributed by atoms with Crippen LogP contribution in [0.25, 0.3) is 22.8 Å². The molecule has 21 heavy (non-hydrogen) atoms. The van der Waals surface area contributed by atoms with Gasteiger partial charge in [-0.15, -0.1) is 0 Å². The molecule has 0 saturated carbocycles. The number of hydrogen-bond donors (Lipinski definition) is 1. The molecule has 0 saturated heterocycles. The molecule has 0 radical (unpaired) electrons. The largest absolute Gasteiger partial charge is 0.507 e. The zero-order chi connectivity index (χ0) is 15.0. The Kier molecular flexibility index (Phi) is 3.99. The van der Waals surface area contributed by atoms with Gasteiger partial charge in [-0.05, 0) is 71.5 Å². The molecule has 106 valence electrons. The van der Waals surface area contributed by atoms with Crippen LogP contribution in [-0.4, -0.2) is 15.2 Å². The third-order valence-electron chi connectivity index (χ3n) is 3.05. The van der Waals surface area contributed by atoms with Gasteiger partial charge in [0.05, 0.1) is 3.57 Å². The van der Waals surface area contributed by atoms with Gasteiger partial charge < -0.3 is 9.63 Å². The van der Waals surface area contributed by atoms with Crippen LogP contribution in [0.15, 0.2) is 45.4 Å². The third kappa shape index (κ3) is 2.96. The molecule has 0 bridgehead atoms. The zero-order valence-electron chi connectivity index (χ0n) is 11.0. The summed E-state index contributed by atoms with van der Waals surface area (Å²) < 4.78 is 7.09. The van der Waals surface area contributed by atoms with Gasteiger partial charge in [0.1, 0.15) is 5.75 Å². The first-order valence-corrected chi connectivity index (χ1v) is 8.01. The van der Waals surface area contributed by atoms with Gasteiger partial charge in [-0.3, -0.25) is 0 Å². The van der Waals surface area contributed by atoms with E-state index in [0.29, 0.717) is 17.3 Å². The smallest absolute Gasteiger partial charge is 0.258 e. The van der Waals surface area contributed by atoms with E-state index in [9.17, 15) is 5.11 Å². The molecule has 0 amide bonds. The van der Waals surface area contributed by atoms with Gasteiger partial charge in [-0.2, -0.15) is 4.98 Å². The number of hydrogen-bond acceptors (Lipinski definition) is 4. The van der Waals surface area contributed by atoms with Crippen molar-refractivity contribution in [2.75, 3.05) is 0 Å². The van der Waals surface area contributed by atoms with E-state index in [1.54, 1.807) is 12.1 Å². The Morgan fingerprint density at radius 3 is 2.71 bits per heavy atom. The van der Waals surface area contributed by atoms with Crippen molar-refractivity contribution in [3.63, 3.8) is 0 Å². The van der Waals surface area contributed by atoms with Crippen molar-refractivity contribution >= 4 is 38.5 Å². The topological polar surface area (TPSA) is 59.2 Å². The molecular weight excluding hydrogens is 447 g/mol. The molecule has 1 aromatic heterocycles. The molecule has 0 atom stereocenters. The van der Waals surface area contributed by atoms with Crippen molar-refractivity contribution in [2.24, 2.45) is 0 Å². The lowest BCUT2D eigenvalue weighted by atomic mass is 10.1. The second-order valence-corrected chi connectivity index (χ2v) is 6.63. The van der Waals surface area contributed by atoms with E-state index in [1.165, 1.54) is 0 Å². The van der Waals surface area contributed by atoms with Gasteiger partial charge in [0.2, 0.25) is 5.82 Å². The third-order valence-corrected chi connectivity index (χ3v) is 4.45. The van der Waals surface area contributed by atoms with Crippen molar-refractivity contribution in [1.82, 2.24) is 10.1 Å². The predicted molar refractivity (Wildman–Crippen MR) is 92.0 cm³/mol. The van der Waals surface area contributed by atoms with Crippen molar-refractivity contribution < 1.29 is 9.63 Å². The van der Waals surface area contributed by atoms with Crippen LogP contribution in [0, 0.1) is 10.5 Å². The second-order valence-electron chi connectivity index (χ2n) is 4.55. The van der Waals surface area contributed by atoms with Gasteiger partial charge in [0.15, 0.2) is 0 Å². The summed E-state index contributed by atoms with van der Waals surface area (Å²) in [5.41, 5.74) is 2.67. The number of halogens is 2. The van der Waals surface area contributed by atoms with E-state index >= 15 is 0 Å². The summed E-state index contributed by atoms with van der Waals surface area (Å²) in [5, 5.41) is 13.8. The molecule has 6 heteroatoms. The molecule has 1 heterocycles. The average molecular weight is 457 g/mol. The van der Waals surface area contributed by atoms with Crippen molar-refractivity contribution in [3.05, 3.63) is 50.0 Å². The summed E-state index contributed by atoms with van der Waals surface area (Å²) in [6, 6.07) is 11.2. The van der Waals surface area contributed by atoms with E-state index in [0.717, 1.165) is 19.2 Å². The normalized spacial score (nSPS) is 10.8. The van der Waals surface area contributed by atoms with Gasteiger partial charge in [0.25, 0.3) is 5.89 Å². The van der Waals surface area contributed by atoms with Crippen LogP contribution < -0.4 is 0 Å². The highest BCUT2D eigenvalue weighted by Gasteiger charge is 2.13. The maximum Gasteiger partial charge on any atom is 0.258 e. The van der Waals surface area contributed by atoms with E-state index in [4.69, 9.17) is 4.52 Å². The summed E-state index contributed by atoms with van der Waals surface area (Å²) in [5.74, 6) is 1.12. The monoisotopic (exact) mass is 456 g/mol. The minimum absolute atomic E-state index is 0.202. The Morgan fingerprint density at radius 1 is 1.19 bits per heavy atom. The first-order chi connectivity index (χ1) is 10.0. The quantitative estimate of drug-likeness (QED) is 0.563. The number of aryl methyl sites for hydroxylation is 1. The fraction of sp³-hybridized carbons (Fsp3) is 0.0667. The van der Waals surface area contributed by atoms with E-state index in [-0.39, 0.29) is 5.75 Å². The van der Waals surface area contributed by atoms with E-state index in [1.807, 2.05) is 31.2 Å². The summed E-state index contributed by atoms with van der Waals surface area (Å²) in [6.45, 7) is 1.99. The Balaban J connectivity index is 2.01. The van der Waals surface area contributed by atoms with Crippen LogP contribution >= 0.6 is 38.5 Å². The Bertz CT molecular complexity index is 817. The van der Waals surface area contributed by atoms with Crippen LogP contribution in [0.3, 0.4) is 0 Å². The molecule has 4 nitrogen and oxygen atoms in total. The molecular formula is C15H10BrIN2O2. The predicted octanol–water partition coefficient (Wildman–Crippen LogP) is 4.78. The molecule has 0 unspecified atom stereocenters. The maximum absolute atomic E-state index is 9.76. The fourth-order valence-electron chi connectivity index (χ4n) is 1.97. The first-order valence-electron chi connectivity index (χ1n) is 6.14. The van der Waals surface area contributed by atoms with Gasteiger partial charge >= 0.3 is 0 Å². The highest BCUT2D eigenvalue weighted by Crippen LogP contribution is 2.29. The van der Waals surface area contributed by atoms with Gasteiger partial charge in [0, 0.05) is 15.6 Å². The summed E-state index contributed by atoms with van der Waals surface area (Å²) >= 11 is 5.49. The van der Waals surface area contributed by atoms with Crippen LogP contribution in [0.1, 0.15) is 5.56 Å². The fourth-order valence-corrected chi connectivity index (χ4v) is 2.78.